The molecule has 0 aromatic heterocycles. The minimum Gasteiger partial charge on any atom is -0.388 e. The third kappa shape index (κ3) is 3.96. The van der Waals surface area contributed by atoms with Crippen molar-refractivity contribution in [3.05, 3.63) is 33.3 Å². The molecule has 1 saturated carbocycles. The molecule has 2 rings (SSSR count). The van der Waals surface area contributed by atoms with Crippen LogP contribution >= 0.6 is 27.5 Å². The maximum Gasteiger partial charge on any atom is 0.252 e. The molecule has 20 heavy (non-hydrogen) atoms. The fourth-order valence-electron chi connectivity index (χ4n) is 2.81. The molecule has 0 saturated heterocycles. The summed E-state index contributed by atoms with van der Waals surface area (Å²) in [6.45, 7) is 2.42. The standard InChI is InChI=1S/C15H19BrClNO2/c1-10-3-2-6-15(20,8-10)9-18-14(19)12-5-4-11(16)7-13(12)17/h4-5,7,10,20H,2-3,6,8-9H2,1H3,(H,18,19). The van der Waals surface area contributed by atoms with Crippen LogP contribution in [0.2, 0.25) is 5.02 Å². The summed E-state index contributed by atoms with van der Waals surface area (Å²) in [7, 11) is 0. The Balaban J connectivity index is 1.98. The largest absolute Gasteiger partial charge is 0.388 e. The highest BCUT2D eigenvalue weighted by Crippen LogP contribution is 2.31. The molecule has 110 valence electrons. The van der Waals surface area contributed by atoms with Crippen LogP contribution in [-0.2, 0) is 0 Å². The zero-order chi connectivity index (χ0) is 14.8. The number of carbonyl (C=O) groups is 1. The topological polar surface area (TPSA) is 49.3 Å². The Kier molecular flexibility index (Phi) is 5.10. The molecule has 1 fully saturated rings. The first-order valence-electron chi connectivity index (χ1n) is 6.85. The van der Waals surface area contributed by atoms with Crippen LogP contribution in [0.3, 0.4) is 0 Å². The lowest BCUT2D eigenvalue weighted by atomic mass is 9.79. The number of halogens is 2. The van der Waals surface area contributed by atoms with Crippen molar-refractivity contribution >= 4 is 33.4 Å². The molecule has 2 atom stereocenters. The highest BCUT2D eigenvalue weighted by molar-refractivity contribution is 9.10. The van der Waals surface area contributed by atoms with Crippen molar-refractivity contribution in [3.8, 4) is 0 Å². The van der Waals surface area contributed by atoms with Gasteiger partial charge in [0.25, 0.3) is 5.91 Å². The maximum absolute atomic E-state index is 12.1. The van der Waals surface area contributed by atoms with Gasteiger partial charge in [0.05, 0.1) is 16.2 Å². The van der Waals surface area contributed by atoms with E-state index in [-0.39, 0.29) is 12.5 Å². The van der Waals surface area contributed by atoms with E-state index >= 15 is 0 Å². The molecule has 1 aromatic rings. The number of carbonyl (C=O) groups excluding carboxylic acids is 1. The summed E-state index contributed by atoms with van der Waals surface area (Å²) in [5.74, 6) is 0.260. The van der Waals surface area contributed by atoms with E-state index in [1.807, 2.05) is 0 Å². The van der Waals surface area contributed by atoms with Gasteiger partial charge >= 0.3 is 0 Å². The van der Waals surface area contributed by atoms with Crippen LogP contribution < -0.4 is 5.32 Å². The minimum absolute atomic E-state index is 0.242. The Morgan fingerprint density at radius 1 is 1.60 bits per heavy atom. The van der Waals surface area contributed by atoms with Crippen LogP contribution in [0.5, 0.6) is 0 Å². The number of benzene rings is 1. The lowest BCUT2D eigenvalue weighted by Crippen LogP contribution is -2.45. The van der Waals surface area contributed by atoms with Crippen molar-refractivity contribution in [2.24, 2.45) is 5.92 Å². The van der Waals surface area contributed by atoms with Gasteiger partial charge in [-0.25, -0.2) is 0 Å². The molecule has 0 bridgehead atoms. The predicted octanol–water partition coefficient (Wildman–Crippen LogP) is 3.77. The molecule has 5 heteroatoms. The van der Waals surface area contributed by atoms with Crippen LogP contribution in [0, 0.1) is 5.92 Å². The Morgan fingerprint density at radius 2 is 2.35 bits per heavy atom. The molecule has 1 aliphatic rings. The number of amides is 1. The number of aliphatic hydroxyl groups is 1. The van der Waals surface area contributed by atoms with Gasteiger partial charge in [-0.15, -0.1) is 0 Å². The highest BCUT2D eigenvalue weighted by Gasteiger charge is 2.33. The number of nitrogens with one attached hydrogen (secondary N) is 1. The fourth-order valence-corrected chi connectivity index (χ4v) is 3.57. The van der Waals surface area contributed by atoms with E-state index < -0.39 is 5.60 Å². The normalized spacial score (nSPS) is 26.3. The van der Waals surface area contributed by atoms with Crippen molar-refractivity contribution in [2.75, 3.05) is 6.54 Å². The van der Waals surface area contributed by atoms with Crippen molar-refractivity contribution in [1.29, 1.82) is 0 Å². The second-order valence-electron chi connectivity index (χ2n) is 5.73. The zero-order valence-electron chi connectivity index (χ0n) is 11.5. The second-order valence-corrected chi connectivity index (χ2v) is 7.06. The highest BCUT2D eigenvalue weighted by atomic mass is 79.9. The van der Waals surface area contributed by atoms with E-state index in [1.165, 1.54) is 0 Å². The van der Waals surface area contributed by atoms with Gasteiger partial charge in [0, 0.05) is 11.0 Å². The minimum atomic E-state index is -0.783. The van der Waals surface area contributed by atoms with Crippen LogP contribution in [-0.4, -0.2) is 23.2 Å². The molecule has 0 aliphatic heterocycles. The molecule has 0 heterocycles. The Bertz CT molecular complexity index is 509. The van der Waals surface area contributed by atoms with Gasteiger partial charge in [-0.1, -0.05) is 47.3 Å². The Hall–Kier alpha value is -0.580. The molecule has 2 unspecified atom stereocenters. The molecular weight excluding hydrogens is 342 g/mol. The van der Waals surface area contributed by atoms with Gasteiger partial charge in [0.2, 0.25) is 0 Å². The van der Waals surface area contributed by atoms with E-state index in [4.69, 9.17) is 11.6 Å². The monoisotopic (exact) mass is 359 g/mol. The van der Waals surface area contributed by atoms with Crippen LogP contribution in [0.25, 0.3) is 0 Å². The third-order valence-corrected chi connectivity index (χ3v) is 4.63. The fraction of sp³-hybridized carbons (Fsp3) is 0.533. The summed E-state index contributed by atoms with van der Waals surface area (Å²) in [6.07, 6.45) is 3.63. The van der Waals surface area contributed by atoms with Crippen molar-refractivity contribution in [1.82, 2.24) is 5.32 Å². The summed E-state index contributed by atoms with van der Waals surface area (Å²) >= 11 is 9.36. The van der Waals surface area contributed by atoms with E-state index in [1.54, 1.807) is 18.2 Å². The molecule has 1 amide bonds. The average Bonchev–Trinajstić information content (AvgIpc) is 2.36. The summed E-state index contributed by atoms with van der Waals surface area (Å²) in [6, 6.07) is 5.14. The smallest absolute Gasteiger partial charge is 0.252 e. The quantitative estimate of drug-likeness (QED) is 0.862. The first kappa shape index (κ1) is 15.8. The molecular formula is C15H19BrClNO2. The van der Waals surface area contributed by atoms with Crippen molar-refractivity contribution in [2.45, 2.75) is 38.2 Å². The average molecular weight is 361 g/mol. The molecule has 3 nitrogen and oxygen atoms in total. The Labute approximate surface area is 132 Å². The lowest BCUT2D eigenvalue weighted by molar-refractivity contribution is -0.0109. The Morgan fingerprint density at radius 3 is 3.00 bits per heavy atom. The number of hydrogen-bond acceptors (Lipinski definition) is 2. The van der Waals surface area contributed by atoms with E-state index in [0.29, 0.717) is 16.5 Å². The summed E-state index contributed by atoms with van der Waals surface area (Å²) in [5.41, 5.74) is -0.350. The summed E-state index contributed by atoms with van der Waals surface area (Å²) in [4.78, 5) is 12.1. The second kappa shape index (κ2) is 6.46. The van der Waals surface area contributed by atoms with Crippen molar-refractivity contribution in [3.63, 3.8) is 0 Å². The first-order chi connectivity index (χ1) is 9.39. The van der Waals surface area contributed by atoms with E-state index in [2.05, 4.69) is 28.2 Å². The molecule has 2 N–H and O–H groups in total. The predicted molar refractivity (Wildman–Crippen MR) is 84.1 cm³/mol. The van der Waals surface area contributed by atoms with Gasteiger partial charge in [0.1, 0.15) is 0 Å². The maximum atomic E-state index is 12.1. The number of hydrogen-bond donors (Lipinski definition) is 2. The molecule has 1 aromatic carbocycles. The zero-order valence-corrected chi connectivity index (χ0v) is 13.8. The van der Waals surface area contributed by atoms with E-state index in [9.17, 15) is 9.90 Å². The van der Waals surface area contributed by atoms with Gasteiger partial charge < -0.3 is 10.4 Å². The lowest BCUT2D eigenvalue weighted by Gasteiger charge is -2.35. The summed E-state index contributed by atoms with van der Waals surface area (Å²) in [5, 5.41) is 13.7. The molecule has 1 aliphatic carbocycles. The third-order valence-electron chi connectivity index (χ3n) is 3.82. The SMILES string of the molecule is CC1CCCC(O)(CNC(=O)c2ccc(Br)cc2Cl)C1. The first-order valence-corrected chi connectivity index (χ1v) is 8.02. The molecule has 0 radical (unpaired) electrons. The van der Waals surface area contributed by atoms with Gasteiger partial charge in [-0.3, -0.25) is 4.79 Å². The van der Waals surface area contributed by atoms with Crippen LogP contribution in [0.4, 0.5) is 0 Å². The van der Waals surface area contributed by atoms with Crippen LogP contribution in [0.15, 0.2) is 22.7 Å². The number of rotatable bonds is 3. The van der Waals surface area contributed by atoms with Crippen molar-refractivity contribution < 1.29 is 9.90 Å². The van der Waals surface area contributed by atoms with Gasteiger partial charge in [0.15, 0.2) is 0 Å². The van der Waals surface area contributed by atoms with Gasteiger partial charge in [-0.2, -0.15) is 0 Å². The summed E-state index contributed by atoms with van der Waals surface area (Å²) < 4.78 is 0.832. The van der Waals surface area contributed by atoms with E-state index in [0.717, 1.165) is 30.2 Å². The van der Waals surface area contributed by atoms with Crippen LogP contribution in [0.1, 0.15) is 43.0 Å². The van der Waals surface area contributed by atoms with Gasteiger partial charge in [-0.05, 0) is 37.0 Å². The molecule has 0 spiro atoms.